The summed E-state index contributed by atoms with van der Waals surface area (Å²) in [6.07, 6.45) is 7.09. The van der Waals surface area contributed by atoms with Gasteiger partial charge < -0.3 is 19.7 Å². The third-order valence-corrected chi connectivity index (χ3v) is 11.8. The highest BCUT2D eigenvalue weighted by molar-refractivity contribution is 5.87. The summed E-state index contributed by atoms with van der Waals surface area (Å²) in [5, 5.41) is 21.9. The number of aliphatic hydroxyl groups is 2. The van der Waals surface area contributed by atoms with Crippen molar-refractivity contribution in [3.63, 3.8) is 0 Å². The Bertz CT molecular complexity index is 799. The number of hydrogen-bond donors (Lipinski definition) is 2. The number of carbonyl (C=O) groups is 1. The fourth-order valence-electron chi connectivity index (χ4n) is 10.00. The highest BCUT2D eigenvalue weighted by Gasteiger charge is 2.72. The molecule has 180 valence electrons. The first-order valence-corrected chi connectivity index (χ1v) is 13.3. The number of carbonyl (C=O) groups excluding carboxylic acids is 1. The largest absolute Gasteiger partial charge is 0.393 e. The van der Waals surface area contributed by atoms with E-state index >= 15 is 0 Å². The second kappa shape index (κ2) is 7.02. The zero-order valence-corrected chi connectivity index (χ0v) is 20.3. The molecule has 32 heavy (non-hydrogen) atoms. The van der Waals surface area contributed by atoms with Crippen LogP contribution in [0.3, 0.4) is 0 Å². The monoisotopic (exact) mass is 446 g/mol. The molecule has 5 heteroatoms. The maximum absolute atomic E-state index is 14.0. The lowest BCUT2D eigenvalue weighted by Gasteiger charge is -2.60. The quantitative estimate of drug-likeness (QED) is 0.638. The molecule has 4 aliphatic carbocycles. The van der Waals surface area contributed by atoms with Crippen molar-refractivity contribution in [1.82, 2.24) is 0 Å². The van der Waals surface area contributed by atoms with Crippen LogP contribution in [0.2, 0.25) is 0 Å². The molecule has 2 heterocycles. The molecular weight excluding hydrogens is 404 g/mol. The normalized spacial score (nSPS) is 61.8. The van der Waals surface area contributed by atoms with Crippen LogP contribution in [0.25, 0.3) is 0 Å². The predicted molar refractivity (Wildman–Crippen MR) is 120 cm³/mol. The van der Waals surface area contributed by atoms with Gasteiger partial charge in [0.05, 0.1) is 12.2 Å². The lowest BCUT2D eigenvalue weighted by atomic mass is 9.44. The van der Waals surface area contributed by atoms with Crippen LogP contribution in [-0.4, -0.2) is 46.7 Å². The Morgan fingerprint density at radius 2 is 1.81 bits per heavy atom. The second-order valence-corrected chi connectivity index (χ2v) is 13.1. The van der Waals surface area contributed by atoms with Gasteiger partial charge in [0.25, 0.3) is 0 Å². The lowest BCUT2D eigenvalue weighted by Crippen LogP contribution is -2.58. The maximum Gasteiger partial charge on any atom is 0.195 e. The van der Waals surface area contributed by atoms with Crippen molar-refractivity contribution in [2.45, 2.75) is 103 Å². The number of Topliss-reactive ketones (excluding diaryl/α,β-unsaturated/α-hetero) is 1. The highest BCUT2D eigenvalue weighted by Crippen LogP contribution is 2.70. The van der Waals surface area contributed by atoms with Gasteiger partial charge in [-0.15, -0.1) is 0 Å². The summed E-state index contributed by atoms with van der Waals surface area (Å²) < 4.78 is 12.5. The Morgan fingerprint density at radius 1 is 1.03 bits per heavy atom. The van der Waals surface area contributed by atoms with E-state index in [1.807, 2.05) is 0 Å². The molecule has 0 radical (unpaired) electrons. The van der Waals surface area contributed by atoms with Crippen molar-refractivity contribution in [3.05, 3.63) is 0 Å². The van der Waals surface area contributed by atoms with Gasteiger partial charge in [-0.2, -0.15) is 0 Å². The molecule has 6 fully saturated rings. The highest BCUT2D eigenvalue weighted by atomic mass is 16.7. The van der Waals surface area contributed by atoms with Gasteiger partial charge in [-0.25, -0.2) is 0 Å². The smallest absolute Gasteiger partial charge is 0.195 e. The lowest BCUT2D eigenvalue weighted by molar-refractivity contribution is -0.266. The summed E-state index contributed by atoms with van der Waals surface area (Å²) >= 11 is 0. The zero-order valence-electron chi connectivity index (χ0n) is 20.3. The van der Waals surface area contributed by atoms with E-state index in [9.17, 15) is 15.0 Å². The van der Waals surface area contributed by atoms with E-state index in [1.54, 1.807) is 0 Å². The van der Waals surface area contributed by atoms with Crippen LogP contribution in [0.5, 0.6) is 0 Å². The van der Waals surface area contributed by atoms with Crippen molar-refractivity contribution >= 4 is 5.78 Å². The fraction of sp³-hybridized carbons (Fsp3) is 0.963. The van der Waals surface area contributed by atoms with E-state index in [1.165, 1.54) is 12.8 Å². The molecule has 0 amide bonds. The molecule has 0 unspecified atom stereocenters. The van der Waals surface area contributed by atoms with Crippen LogP contribution in [0.15, 0.2) is 0 Å². The summed E-state index contributed by atoms with van der Waals surface area (Å²) in [5.41, 5.74) is -0.227. The molecule has 0 bridgehead atoms. The SMILES string of the molecule is C[C@H]1CO[C@@H]([C@@]2(O)O[C@H]3C[C@H]4[C@@H]5CC[C@H]6C[C@@H](O)CC[C@]6(C)[C@H]5CC(=O)[C@]4(C)[C@H]3[C@@H]2C)C1. The summed E-state index contributed by atoms with van der Waals surface area (Å²) in [5.74, 6) is 1.44. The van der Waals surface area contributed by atoms with Gasteiger partial charge in [0.2, 0.25) is 0 Å². The maximum atomic E-state index is 14.0. The standard InChI is InChI=1S/C27H42O5/c1-14-9-23(31-13-14)27(30)15(2)24-21(32-27)11-20-18-6-5-16-10-17(28)7-8-25(16,3)19(18)12-22(29)26(20,24)4/h14-21,23-24,28,30H,5-13H2,1-4H3/t14-,15+,16+,17+,18-,19+,20+,21+,23-,24+,25+,26-,27+/m1/s1. The first kappa shape index (κ1) is 22.0. The van der Waals surface area contributed by atoms with E-state index in [0.717, 1.165) is 32.1 Å². The number of hydrogen-bond acceptors (Lipinski definition) is 5. The fourth-order valence-corrected chi connectivity index (χ4v) is 10.00. The van der Waals surface area contributed by atoms with Crippen LogP contribution in [0.1, 0.15) is 79.1 Å². The Kier molecular flexibility index (Phi) is 4.83. The first-order valence-electron chi connectivity index (χ1n) is 13.3. The Hall–Kier alpha value is -0.490. The van der Waals surface area contributed by atoms with E-state index in [2.05, 4.69) is 27.7 Å². The molecule has 0 aromatic heterocycles. The number of ketones is 1. The van der Waals surface area contributed by atoms with Crippen LogP contribution in [-0.2, 0) is 14.3 Å². The van der Waals surface area contributed by atoms with Crippen molar-refractivity contribution in [3.8, 4) is 0 Å². The topological polar surface area (TPSA) is 76.0 Å². The van der Waals surface area contributed by atoms with Crippen molar-refractivity contribution < 1.29 is 24.5 Å². The van der Waals surface area contributed by atoms with E-state index in [4.69, 9.17) is 9.47 Å². The number of aliphatic hydroxyl groups excluding tert-OH is 1. The molecule has 2 N–H and O–H groups in total. The van der Waals surface area contributed by atoms with Gasteiger partial charge in [0, 0.05) is 30.3 Å². The Balaban J connectivity index is 1.30. The average Bonchev–Trinajstić information content (AvgIpc) is 3.38. The summed E-state index contributed by atoms with van der Waals surface area (Å²) in [4.78, 5) is 14.0. The van der Waals surface area contributed by atoms with Crippen LogP contribution < -0.4 is 0 Å². The molecule has 13 atom stereocenters. The van der Waals surface area contributed by atoms with Gasteiger partial charge in [-0.1, -0.05) is 27.7 Å². The molecular formula is C27H42O5. The molecule has 0 aromatic rings. The van der Waals surface area contributed by atoms with E-state index in [-0.39, 0.29) is 35.6 Å². The van der Waals surface area contributed by atoms with Crippen LogP contribution >= 0.6 is 0 Å². The Morgan fingerprint density at radius 3 is 2.53 bits per heavy atom. The van der Waals surface area contributed by atoms with Crippen LogP contribution in [0, 0.1) is 52.3 Å². The molecule has 2 aliphatic heterocycles. The van der Waals surface area contributed by atoms with Crippen molar-refractivity contribution in [2.75, 3.05) is 6.61 Å². The molecule has 6 rings (SSSR count). The van der Waals surface area contributed by atoms with Gasteiger partial charge in [-0.05, 0) is 80.0 Å². The minimum absolute atomic E-state index is 0.0501. The van der Waals surface area contributed by atoms with Gasteiger partial charge in [0.15, 0.2) is 5.79 Å². The summed E-state index contributed by atoms with van der Waals surface area (Å²) in [7, 11) is 0. The number of fused-ring (bicyclic) bond motifs is 7. The Labute approximate surface area is 192 Å². The predicted octanol–water partition coefficient (Wildman–Crippen LogP) is 3.94. The van der Waals surface area contributed by atoms with Crippen molar-refractivity contribution in [1.29, 1.82) is 0 Å². The second-order valence-electron chi connectivity index (χ2n) is 13.1. The minimum atomic E-state index is -1.27. The van der Waals surface area contributed by atoms with E-state index in [0.29, 0.717) is 48.4 Å². The van der Waals surface area contributed by atoms with E-state index < -0.39 is 11.2 Å². The van der Waals surface area contributed by atoms with Gasteiger partial charge >= 0.3 is 0 Å². The summed E-state index contributed by atoms with van der Waals surface area (Å²) in [6, 6.07) is 0. The number of rotatable bonds is 1. The molecule has 0 spiro atoms. The third kappa shape index (κ3) is 2.69. The number of ether oxygens (including phenoxy) is 2. The van der Waals surface area contributed by atoms with Crippen LogP contribution in [0.4, 0.5) is 0 Å². The summed E-state index contributed by atoms with van der Waals surface area (Å²) in [6.45, 7) is 9.57. The van der Waals surface area contributed by atoms with Gasteiger partial charge in [-0.3, -0.25) is 4.79 Å². The molecule has 4 saturated carbocycles. The third-order valence-electron chi connectivity index (χ3n) is 11.8. The average molecular weight is 447 g/mol. The van der Waals surface area contributed by atoms with Crippen molar-refractivity contribution in [2.24, 2.45) is 52.3 Å². The molecule has 0 aromatic carbocycles. The molecule has 6 aliphatic rings. The molecule has 2 saturated heterocycles. The zero-order chi connectivity index (χ0) is 22.6. The van der Waals surface area contributed by atoms with Gasteiger partial charge in [0.1, 0.15) is 11.9 Å². The first-order chi connectivity index (χ1) is 15.1. The molecule has 5 nitrogen and oxygen atoms in total. The minimum Gasteiger partial charge on any atom is -0.393 e.